The third-order valence-electron chi connectivity index (χ3n) is 7.66. The summed E-state index contributed by atoms with van der Waals surface area (Å²) in [4.78, 5) is 27.4. The number of carbonyl (C=O) groups excluding carboxylic acids is 1. The number of nitro groups is 1. The number of hydrogen-bond acceptors (Lipinski definition) is 10. The monoisotopic (exact) mass is 590 g/mol. The SMILES string of the molecule is CC[C@@H]1C[C@H](OC(=O)Oc2ccc([N+](=O)[O-])cc2)CC1c1nnc2cnc3c(ccn3S(=O)(=O)c3ccc(C)cc3)n12. The van der Waals surface area contributed by atoms with E-state index in [1.807, 2.05) is 18.2 Å². The summed E-state index contributed by atoms with van der Waals surface area (Å²) in [5.74, 6) is 0.737. The maximum Gasteiger partial charge on any atom is 0.514 e. The van der Waals surface area contributed by atoms with Crippen LogP contribution in [0, 0.1) is 23.0 Å². The van der Waals surface area contributed by atoms with Gasteiger partial charge in [-0.25, -0.2) is 22.2 Å². The number of aromatic nitrogens is 5. The second kappa shape index (κ2) is 10.5. The fourth-order valence-electron chi connectivity index (χ4n) is 5.54. The molecular formula is C28H26N6O7S. The number of ether oxygens (including phenoxy) is 2. The van der Waals surface area contributed by atoms with Crippen molar-refractivity contribution in [1.29, 1.82) is 0 Å². The first-order valence-corrected chi connectivity index (χ1v) is 14.8. The van der Waals surface area contributed by atoms with Crippen molar-refractivity contribution in [2.45, 2.75) is 50.0 Å². The number of fused-ring (bicyclic) bond motifs is 3. The van der Waals surface area contributed by atoms with E-state index in [4.69, 9.17) is 9.47 Å². The lowest BCUT2D eigenvalue weighted by molar-refractivity contribution is -0.384. The number of aryl methyl sites for hydroxylation is 1. The Balaban J connectivity index is 1.27. The maximum atomic E-state index is 13.4. The molecule has 13 nitrogen and oxygen atoms in total. The van der Waals surface area contributed by atoms with Gasteiger partial charge in [0.1, 0.15) is 17.7 Å². The van der Waals surface area contributed by atoms with Crippen LogP contribution in [0.2, 0.25) is 0 Å². The molecule has 0 radical (unpaired) electrons. The predicted octanol–water partition coefficient (Wildman–Crippen LogP) is 5.02. The summed E-state index contributed by atoms with van der Waals surface area (Å²) in [7, 11) is -3.90. The summed E-state index contributed by atoms with van der Waals surface area (Å²) in [6, 6.07) is 13.4. The lowest BCUT2D eigenvalue weighted by Gasteiger charge is -2.15. The summed E-state index contributed by atoms with van der Waals surface area (Å²) in [6.45, 7) is 3.93. The van der Waals surface area contributed by atoms with Gasteiger partial charge in [0, 0.05) is 24.2 Å². The second-order valence-corrected chi connectivity index (χ2v) is 12.1. The molecule has 0 saturated heterocycles. The zero-order chi connectivity index (χ0) is 29.6. The number of non-ortho nitro benzene ring substituents is 1. The van der Waals surface area contributed by atoms with Gasteiger partial charge < -0.3 is 9.47 Å². The first kappa shape index (κ1) is 27.3. The highest BCUT2D eigenvalue weighted by molar-refractivity contribution is 7.90. The van der Waals surface area contributed by atoms with Crippen LogP contribution < -0.4 is 4.74 Å². The van der Waals surface area contributed by atoms with Crippen molar-refractivity contribution < 1.29 is 27.6 Å². The minimum Gasteiger partial charge on any atom is -0.431 e. The lowest BCUT2D eigenvalue weighted by Crippen LogP contribution is -2.18. The van der Waals surface area contributed by atoms with Crippen LogP contribution in [-0.4, -0.2) is 49.2 Å². The molecule has 0 spiro atoms. The molecule has 0 bridgehead atoms. The van der Waals surface area contributed by atoms with E-state index in [1.165, 1.54) is 36.7 Å². The Morgan fingerprint density at radius 3 is 2.50 bits per heavy atom. The van der Waals surface area contributed by atoms with Gasteiger partial charge in [0.15, 0.2) is 11.3 Å². The van der Waals surface area contributed by atoms with Gasteiger partial charge in [-0.05, 0) is 56.0 Å². The normalized spacial score (nSPS) is 18.9. The van der Waals surface area contributed by atoms with Crippen molar-refractivity contribution in [2.24, 2.45) is 5.92 Å². The van der Waals surface area contributed by atoms with E-state index in [0.29, 0.717) is 29.8 Å². The second-order valence-electron chi connectivity index (χ2n) is 10.2. The largest absolute Gasteiger partial charge is 0.514 e. The van der Waals surface area contributed by atoms with Crippen molar-refractivity contribution in [3.63, 3.8) is 0 Å². The van der Waals surface area contributed by atoms with Crippen LogP contribution in [0.1, 0.15) is 43.5 Å². The first-order chi connectivity index (χ1) is 20.2. The van der Waals surface area contributed by atoms with Gasteiger partial charge >= 0.3 is 6.16 Å². The van der Waals surface area contributed by atoms with Crippen LogP contribution in [0.4, 0.5) is 10.5 Å². The molecule has 2 aromatic carbocycles. The van der Waals surface area contributed by atoms with E-state index < -0.39 is 27.2 Å². The highest BCUT2D eigenvalue weighted by Gasteiger charge is 2.39. The van der Waals surface area contributed by atoms with E-state index in [0.717, 1.165) is 16.0 Å². The molecule has 5 aromatic rings. The Bertz CT molecular complexity index is 1920. The molecule has 3 aromatic heterocycles. The van der Waals surface area contributed by atoms with Gasteiger partial charge in [0.2, 0.25) is 0 Å². The fraction of sp³-hybridized carbons (Fsp3) is 0.286. The van der Waals surface area contributed by atoms with Crippen LogP contribution in [0.25, 0.3) is 16.8 Å². The molecule has 42 heavy (non-hydrogen) atoms. The zero-order valence-corrected chi connectivity index (χ0v) is 23.5. The minimum atomic E-state index is -3.90. The first-order valence-electron chi connectivity index (χ1n) is 13.3. The van der Waals surface area contributed by atoms with Gasteiger partial charge in [-0.15, -0.1) is 10.2 Å². The lowest BCUT2D eigenvalue weighted by atomic mass is 9.93. The molecule has 1 unspecified atom stereocenters. The van der Waals surface area contributed by atoms with Crippen LogP contribution in [0.3, 0.4) is 0 Å². The third kappa shape index (κ3) is 4.83. The number of rotatable bonds is 7. The molecule has 216 valence electrons. The van der Waals surface area contributed by atoms with Crippen molar-refractivity contribution in [2.75, 3.05) is 0 Å². The van der Waals surface area contributed by atoms with E-state index in [-0.39, 0.29) is 33.8 Å². The number of nitrogens with zero attached hydrogens (tertiary/aromatic N) is 6. The van der Waals surface area contributed by atoms with Crippen molar-refractivity contribution >= 4 is 38.7 Å². The third-order valence-corrected chi connectivity index (χ3v) is 9.34. The highest BCUT2D eigenvalue weighted by atomic mass is 32.2. The van der Waals surface area contributed by atoms with E-state index in [1.54, 1.807) is 30.3 Å². The summed E-state index contributed by atoms with van der Waals surface area (Å²) in [6.07, 6.45) is 3.42. The Labute approximate surface area is 239 Å². The molecular weight excluding hydrogens is 564 g/mol. The molecule has 0 amide bonds. The van der Waals surface area contributed by atoms with Gasteiger partial charge in [0.25, 0.3) is 15.7 Å². The smallest absolute Gasteiger partial charge is 0.431 e. The van der Waals surface area contributed by atoms with Crippen molar-refractivity contribution in [1.82, 2.24) is 23.6 Å². The molecule has 0 aliphatic heterocycles. The van der Waals surface area contributed by atoms with Gasteiger partial charge in [0.05, 0.1) is 21.5 Å². The van der Waals surface area contributed by atoms with Crippen molar-refractivity contribution in [3.05, 3.63) is 88.5 Å². The van der Waals surface area contributed by atoms with Gasteiger partial charge in [-0.2, -0.15) is 0 Å². The minimum absolute atomic E-state index is 0.108. The molecule has 1 saturated carbocycles. The van der Waals surface area contributed by atoms with Gasteiger partial charge in [-0.3, -0.25) is 14.5 Å². The number of carbonyl (C=O) groups is 1. The van der Waals surface area contributed by atoms with Crippen LogP contribution >= 0.6 is 0 Å². The predicted molar refractivity (Wildman–Crippen MR) is 150 cm³/mol. The quantitative estimate of drug-likeness (QED) is 0.109. The van der Waals surface area contributed by atoms with Crippen LogP contribution in [0.5, 0.6) is 5.75 Å². The maximum absolute atomic E-state index is 13.4. The molecule has 1 fully saturated rings. The van der Waals surface area contributed by atoms with Crippen LogP contribution in [0.15, 0.2) is 71.9 Å². The highest BCUT2D eigenvalue weighted by Crippen LogP contribution is 2.43. The number of hydrogen-bond donors (Lipinski definition) is 0. The molecule has 14 heteroatoms. The van der Waals surface area contributed by atoms with E-state index in [2.05, 4.69) is 15.2 Å². The summed E-state index contributed by atoms with van der Waals surface area (Å²) in [5, 5.41) is 19.6. The van der Waals surface area contributed by atoms with E-state index >= 15 is 0 Å². The molecule has 6 rings (SSSR count). The standard InChI is InChI=1S/C28H26N6O7S/c1-3-18-14-21(41-28(35)40-20-8-6-19(7-9-20)34(36)37)15-23(18)26-31-30-25-16-29-27-24(33(25)26)12-13-32(27)42(38,39)22-10-4-17(2)5-11-22/h4-13,16,18,21,23H,3,14-15H2,1-2H3/t18-,21+,23?/m1/s1. The fourth-order valence-corrected chi connectivity index (χ4v) is 6.84. The Morgan fingerprint density at radius 1 is 1.07 bits per heavy atom. The van der Waals surface area contributed by atoms with E-state index in [9.17, 15) is 23.3 Å². The van der Waals surface area contributed by atoms with Crippen LogP contribution in [-0.2, 0) is 14.8 Å². The van der Waals surface area contributed by atoms with Gasteiger partial charge in [-0.1, -0.05) is 31.0 Å². The Hall–Kier alpha value is -4.85. The molecule has 3 heterocycles. The zero-order valence-electron chi connectivity index (χ0n) is 22.7. The molecule has 1 aliphatic rings. The number of benzene rings is 2. The molecule has 1 aliphatic carbocycles. The van der Waals surface area contributed by atoms with Crippen molar-refractivity contribution in [3.8, 4) is 5.75 Å². The average molecular weight is 591 g/mol. The summed E-state index contributed by atoms with van der Waals surface area (Å²) in [5.41, 5.74) is 2.09. The average Bonchev–Trinajstić information content (AvgIpc) is 3.69. The summed E-state index contributed by atoms with van der Waals surface area (Å²) >= 11 is 0. The Morgan fingerprint density at radius 2 is 1.81 bits per heavy atom. The number of nitro benzene ring substituents is 1. The molecule has 0 N–H and O–H groups in total. The Kier molecular flexibility index (Phi) is 6.85. The topological polar surface area (TPSA) is 161 Å². The molecule has 3 atom stereocenters. The summed E-state index contributed by atoms with van der Waals surface area (Å²) < 4.78 is 40.7.